The van der Waals surface area contributed by atoms with E-state index in [0.29, 0.717) is 0 Å². The Morgan fingerprint density at radius 2 is 2.80 bits per heavy atom. The van der Waals surface area contributed by atoms with Crippen molar-refractivity contribution in [2.45, 2.75) is 0 Å². The summed E-state index contributed by atoms with van der Waals surface area (Å²) < 4.78 is 0. The zero-order valence-corrected chi connectivity index (χ0v) is 3.59. The Balaban J connectivity index is 2.08. The molecule has 0 saturated carbocycles. The number of hydrogen-bond donors (Lipinski definition) is 1. The number of nitrogens with zero attached hydrogens (tertiary/aromatic N) is 1. The lowest BCUT2D eigenvalue weighted by atomic mass is 10.8. The molecule has 29 valence electrons. The van der Waals surface area contributed by atoms with Gasteiger partial charge in [0.05, 0.1) is 0 Å². The van der Waals surface area contributed by atoms with Crippen molar-refractivity contribution in [2.75, 3.05) is 12.3 Å². The molecule has 0 aromatic carbocycles. The maximum absolute atomic E-state index is 3.75. The summed E-state index contributed by atoms with van der Waals surface area (Å²) in [5.74, 6) is 1.14. The van der Waals surface area contributed by atoms with Crippen molar-refractivity contribution < 1.29 is 0 Å². The average Bonchev–Trinajstić information content (AvgIpc) is 1.76. The normalized spacial score (nSPS) is 24.0. The van der Waals surface area contributed by atoms with E-state index in [-0.39, 0.29) is 0 Å². The van der Waals surface area contributed by atoms with Gasteiger partial charge >= 0.3 is 0 Å². The van der Waals surface area contributed by atoms with E-state index in [1.165, 1.54) is 0 Å². The van der Waals surface area contributed by atoms with Crippen LogP contribution in [0.2, 0.25) is 0 Å². The molecule has 0 atom stereocenters. The summed E-state index contributed by atoms with van der Waals surface area (Å²) in [5, 5.41) is 0. The van der Waals surface area contributed by atoms with Gasteiger partial charge in [0.1, 0.15) is 0 Å². The summed E-state index contributed by atoms with van der Waals surface area (Å²) in [6, 6.07) is 0. The van der Waals surface area contributed by atoms with Crippen molar-refractivity contribution in [3.05, 3.63) is 0 Å². The van der Waals surface area contributed by atoms with Crippen LogP contribution in [0.3, 0.4) is 0 Å². The fourth-order valence-corrected chi connectivity index (χ4v) is 0.685. The summed E-state index contributed by atoms with van der Waals surface area (Å²) in [7, 11) is 0. The van der Waals surface area contributed by atoms with Crippen LogP contribution in [-0.2, 0) is 0 Å². The van der Waals surface area contributed by atoms with Gasteiger partial charge in [0.2, 0.25) is 0 Å². The van der Waals surface area contributed by atoms with Crippen LogP contribution in [0, 0.1) is 0 Å². The monoisotopic (exact) mass is 89.0 g/mol. The van der Waals surface area contributed by atoms with Crippen molar-refractivity contribution in [3.63, 3.8) is 0 Å². The number of nitrogens with one attached hydrogen (secondary N) is 1. The van der Waals surface area contributed by atoms with Crippen molar-refractivity contribution in [1.29, 1.82) is 0 Å². The molecular weight excluding hydrogens is 84.1 g/mol. The molecule has 0 aliphatic carbocycles. The molecule has 3 heteroatoms. The highest BCUT2D eigenvalue weighted by molar-refractivity contribution is 7.97. The van der Waals surface area contributed by atoms with Crippen LogP contribution in [0.15, 0.2) is 0 Å². The van der Waals surface area contributed by atoms with Crippen LogP contribution in [0.4, 0.5) is 0 Å². The van der Waals surface area contributed by atoms with Gasteiger partial charge in [-0.05, 0) is 11.9 Å². The maximum Gasteiger partial charge on any atom is 0.0249 e. The van der Waals surface area contributed by atoms with Crippen LogP contribution in [0.1, 0.15) is 0 Å². The van der Waals surface area contributed by atoms with Gasteiger partial charge in [0.25, 0.3) is 0 Å². The average molecular weight is 89.1 g/mol. The van der Waals surface area contributed by atoms with Gasteiger partial charge in [-0.2, -0.15) is 0 Å². The van der Waals surface area contributed by atoms with Crippen molar-refractivity contribution in [1.82, 2.24) is 10.3 Å². The molecule has 1 radical (unpaired) electrons. The first kappa shape index (κ1) is 3.46. The standard InChI is InChI=1S/C2H5N2S/c1-2-5-4-3-1/h3H,1-2H2. The first-order chi connectivity index (χ1) is 2.50. The van der Waals surface area contributed by atoms with E-state index in [9.17, 15) is 0 Å². The summed E-state index contributed by atoms with van der Waals surface area (Å²) in [5.41, 5.74) is 2.81. The predicted octanol–water partition coefficient (Wildman–Crippen LogP) is -0.243. The maximum atomic E-state index is 3.75. The molecule has 0 bridgehead atoms. The molecule has 1 fully saturated rings. The molecule has 1 rings (SSSR count). The summed E-state index contributed by atoms with van der Waals surface area (Å²) >= 11 is 1.59. The summed E-state index contributed by atoms with van der Waals surface area (Å²) in [6.07, 6.45) is 0. The van der Waals surface area contributed by atoms with Gasteiger partial charge in [-0.1, -0.05) is 4.83 Å². The SMILES string of the molecule is C1CS[N]N1. The van der Waals surface area contributed by atoms with E-state index in [4.69, 9.17) is 0 Å². The van der Waals surface area contributed by atoms with Gasteiger partial charge in [-0.15, -0.1) is 0 Å². The van der Waals surface area contributed by atoms with Crippen LogP contribution in [-0.4, -0.2) is 12.3 Å². The minimum absolute atomic E-state index is 1.05. The Hall–Kier alpha value is 0.270. The van der Waals surface area contributed by atoms with Crippen molar-refractivity contribution >= 4 is 11.9 Å². The van der Waals surface area contributed by atoms with Crippen LogP contribution < -0.4 is 10.3 Å². The Morgan fingerprint density at radius 1 is 1.80 bits per heavy atom. The zero-order chi connectivity index (χ0) is 3.54. The lowest BCUT2D eigenvalue weighted by Gasteiger charge is -1.74. The Labute approximate surface area is 35.4 Å². The zero-order valence-electron chi connectivity index (χ0n) is 2.77. The van der Waals surface area contributed by atoms with E-state index >= 15 is 0 Å². The number of rotatable bonds is 0. The molecular formula is C2H5N2S. The van der Waals surface area contributed by atoms with Gasteiger partial charge < -0.3 is 0 Å². The highest BCUT2D eigenvalue weighted by Crippen LogP contribution is 1.95. The van der Waals surface area contributed by atoms with Gasteiger partial charge in [-0.3, -0.25) is 0 Å². The second kappa shape index (κ2) is 1.64. The fraction of sp³-hybridized carbons (Fsp3) is 1.00. The molecule has 1 saturated heterocycles. The quantitative estimate of drug-likeness (QED) is 0.414. The van der Waals surface area contributed by atoms with E-state index in [1.54, 1.807) is 11.9 Å². The summed E-state index contributed by atoms with van der Waals surface area (Å²) in [4.78, 5) is 3.75. The van der Waals surface area contributed by atoms with Crippen LogP contribution in [0.25, 0.3) is 0 Å². The lowest BCUT2D eigenvalue weighted by molar-refractivity contribution is 0.754. The third-order valence-corrected chi connectivity index (χ3v) is 1.08. The Morgan fingerprint density at radius 3 is 3.00 bits per heavy atom. The molecule has 1 heterocycles. The molecule has 0 spiro atoms. The smallest absolute Gasteiger partial charge is 0.0249 e. The molecule has 0 amide bonds. The Kier molecular flexibility index (Phi) is 1.14. The van der Waals surface area contributed by atoms with Gasteiger partial charge in [0, 0.05) is 12.3 Å². The largest absolute Gasteiger partial charge is 0.228 e. The lowest BCUT2D eigenvalue weighted by Crippen LogP contribution is -2.10. The first-order valence-electron chi connectivity index (χ1n) is 1.55. The summed E-state index contributed by atoms with van der Waals surface area (Å²) in [6.45, 7) is 1.05. The third kappa shape index (κ3) is 0.792. The van der Waals surface area contributed by atoms with Gasteiger partial charge in [0.15, 0.2) is 0 Å². The van der Waals surface area contributed by atoms with Gasteiger partial charge in [-0.25, -0.2) is 5.43 Å². The topological polar surface area (TPSA) is 26.1 Å². The fourth-order valence-electron chi connectivity index (χ4n) is 0.228. The molecule has 1 aliphatic rings. The third-order valence-electron chi connectivity index (χ3n) is 0.434. The highest BCUT2D eigenvalue weighted by Gasteiger charge is 1.94. The van der Waals surface area contributed by atoms with E-state index in [0.717, 1.165) is 12.3 Å². The van der Waals surface area contributed by atoms with Crippen molar-refractivity contribution in [3.8, 4) is 0 Å². The molecule has 5 heavy (non-hydrogen) atoms. The molecule has 1 aliphatic heterocycles. The minimum atomic E-state index is 1.05. The van der Waals surface area contributed by atoms with E-state index in [1.807, 2.05) is 0 Å². The minimum Gasteiger partial charge on any atom is -0.228 e. The highest BCUT2D eigenvalue weighted by atomic mass is 32.2. The molecule has 0 unspecified atom stereocenters. The molecule has 2 nitrogen and oxygen atoms in total. The van der Waals surface area contributed by atoms with Crippen LogP contribution >= 0.6 is 11.9 Å². The van der Waals surface area contributed by atoms with E-state index < -0.39 is 0 Å². The second-order valence-electron chi connectivity index (χ2n) is 0.833. The Bertz CT molecular complexity index is 19.2. The number of hydrogen-bond acceptors (Lipinski definition) is 2. The predicted molar refractivity (Wildman–Crippen MR) is 22.6 cm³/mol. The van der Waals surface area contributed by atoms with E-state index in [2.05, 4.69) is 10.3 Å². The van der Waals surface area contributed by atoms with Crippen LogP contribution in [0.5, 0.6) is 0 Å². The molecule has 1 N–H and O–H groups in total. The second-order valence-corrected chi connectivity index (χ2v) is 1.68. The molecule has 0 aromatic heterocycles. The molecule has 0 aromatic rings. The van der Waals surface area contributed by atoms with Crippen molar-refractivity contribution in [2.24, 2.45) is 0 Å². The first-order valence-corrected chi connectivity index (χ1v) is 2.49.